The molecule has 0 aromatic heterocycles. The molecule has 0 spiro atoms. The Morgan fingerprint density at radius 2 is 1.47 bits per heavy atom. The summed E-state index contributed by atoms with van der Waals surface area (Å²) in [6.07, 6.45) is -4.13. The smallest absolute Gasteiger partial charge is 0.320 e. The van der Waals surface area contributed by atoms with Gasteiger partial charge in [-0.05, 0) is 12.1 Å². The van der Waals surface area contributed by atoms with E-state index in [1.165, 1.54) is 19.2 Å². The number of methoxy groups -OCH3 is 3. The van der Waals surface area contributed by atoms with Gasteiger partial charge in [-0.2, -0.15) is 0 Å². The van der Waals surface area contributed by atoms with E-state index in [1.807, 2.05) is 6.07 Å². The van der Waals surface area contributed by atoms with E-state index in [0.717, 1.165) is 14.2 Å². The molecule has 11 heteroatoms. The summed E-state index contributed by atoms with van der Waals surface area (Å²) in [6, 6.07) is 16.8. The summed E-state index contributed by atoms with van der Waals surface area (Å²) >= 11 is 0. The third kappa shape index (κ3) is 4.89. The second kappa shape index (κ2) is 11.1. The zero-order valence-electron chi connectivity index (χ0n) is 20.0. The molecule has 194 valence electrons. The Kier molecular flexibility index (Phi) is 8.06. The van der Waals surface area contributed by atoms with Crippen LogP contribution in [0.3, 0.4) is 0 Å². The van der Waals surface area contributed by atoms with Gasteiger partial charge in [0, 0.05) is 12.7 Å². The van der Waals surface area contributed by atoms with Crippen molar-refractivity contribution in [1.29, 1.82) is 0 Å². The molecular formula is C25H28O10S. The summed E-state index contributed by atoms with van der Waals surface area (Å²) in [5, 5.41) is -1.44. The molecule has 0 bridgehead atoms. The fraction of sp³-hybridized carbons (Fsp3) is 0.440. The zero-order valence-corrected chi connectivity index (χ0v) is 20.8. The molecule has 10 nitrogen and oxygen atoms in total. The Labute approximate surface area is 209 Å². The SMILES string of the molecule is COC(=O)C(C(=O)OC)[C@H]1[C@H](OC)O[C@@H]2CO[C@@H](c3ccccc3)O[C@H]2[C@@H]1S(=O)(=O)c1ccccc1. The summed E-state index contributed by atoms with van der Waals surface area (Å²) in [5.41, 5.74) is 0.676. The van der Waals surface area contributed by atoms with E-state index in [4.69, 9.17) is 28.4 Å². The van der Waals surface area contributed by atoms with E-state index in [1.54, 1.807) is 42.5 Å². The maximum Gasteiger partial charge on any atom is 0.320 e. The van der Waals surface area contributed by atoms with E-state index in [9.17, 15) is 18.0 Å². The Bertz CT molecular complexity index is 1140. The van der Waals surface area contributed by atoms with Crippen molar-refractivity contribution in [3.8, 4) is 0 Å². The van der Waals surface area contributed by atoms with Gasteiger partial charge in [-0.25, -0.2) is 8.42 Å². The van der Waals surface area contributed by atoms with E-state index >= 15 is 0 Å². The molecule has 0 amide bonds. The second-order valence-electron chi connectivity index (χ2n) is 8.38. The Morgan fingerprint density at radius 3 is 2.03 bits per heavy atom. The van der Waals surface area contributed by atoms with Gasteiger partial charge in [0.2, 0.25) is 0 Å². The van der Waals surface area contributed by atoms with E-state index < -0.39 is 63.6 Å². The predicted molar refractivity (Wildman–Crippen MR) is 124 cm³/mol. The number of esters is 2. The number of benzene rings is 2. The molecule has 6 atom stereocenters. The van der Waals surface area contributed by atoms with Crippen LogP contribution in [0.2, 0.25) is 0 Å². The van der Waals surface area contributed by atoms with E-state index in [2.05, 4.69) is 0 Å². The van der Waals surface area contributed by atoms with Crippen LogP contribution >= 0.6 is 0 Å². The highest BCUT2D eigenvalue weighted by molar-refractivity contribution is 7.92. The third-order valence-electron chi connectivity index (χ3n) is 6.41. The molecule has 2 fully saturated rings. The predicted octanol–water partition coefficient (Wildman–Crippen LogP) is 1.89. The van der Waals surface area contributed by atoms with Crippen LogP contribution in [0.4, 0.5) is 0 Å². The molecule has 0 saturated carbocycles. The standard InChI is InChI=1S/C25H28O10S/c1-30-22(26)19(23(27)31-2)18-21(36(28,29)16-12-8-5-9-13-16)20-17(34-25(18)32-3)14-33-24(35-20)15-10-6-4-7-11-15/h4-13,17-21,24-25H,14H2,1-3H3/t17-,18-,20-,21-,24-,25-/m1/s1. The van der Waals surface area contributed by atoms with Crippen LogP contribution in [0.25, 0.3) is 0 Å². The van der Waals surface area contributed by atoms with Crippen LogP contribution in [-0.2, 0) is 47.8 Å². The zero-order chi connectivity index (χ0) is 25.9. The van der Waals surface area contributed by atoms with Gasteiger partial charge in [-0.1, -0.05) is 48.5 Å². The van der Waals surface area contributed by atoms with Crippen molar-refractivity contribution in [1.82, 2.24) is 0 Å². The number of rotatable bonds is 7. The minimum absolute atomic E-state index is 0.00126. The lowest BCUT2D eigenvalue weighted by molar-refractivity contribution is -0.327. The minimum Gasteiger partial charge on any atom is -0.468 e. The first-order valence-corrected chi connectivity index (χ1v) is 12.8. The lowest BCUT2D eigenvalue weighted by atomic mass is 9.82. The topological polar surface area (TPSA) is 124 Å². The molecule has 2 aliphatic rings. The van der Waals surface area contributed by atoms with E-state index in [-0.39, 0.29) is 11.5 Å². The van der Waals surface area contributed by atoms with Crippen molar-refractivity contribution in [2.45, 2.75) is 34.9 Å². The maximum absolute atomic E-state index is 14.1. The normalized spacial score (nSPS) is 28.2. The summed E-state index contributed by atoms with van der Waals surface area (Å²) in [5.74, 6) is -4.96. The molecule has 2 saturated heterocycles. The van der Waals surface area contributed by atoms with Gasteiger partial charge in [0.25, 0.3) is 0 Å². The van der Waals surface area contributed by atoms with Crippen molar-refractivity contribution in [3.63, 3.8) is 0 Å². The molecule has 0 N–H and O–H groups in total. The van der Waals surface area contributed by atoms with Crippen LogP contribution in [0.5, 0.6) is 0 Å². The second-order valence-corrected chi connectivity index (χ2v) is 10.5. The van der Waals surface area contributed by atoms with Gasteiger partial charge in [-0.15, -0.1) is 0 Å². The molecule has 0 unspecified atom stereocenters. The fourth-order valence-electron chi connectivity index (χ4n) is 4.75. The number of ether oxygens (including phenoxy) is 6. The molecule has 2 aliphatic heterocycles. The highest BCUT2D eigenvalue weighted by Crippen LogP contribution is 2.44. The average Bonchev–Trinajstić information content (AvgIpc) is 2.92. The summed E-state index contributed by atoms with van der Waals surface area (Å²) in [7, 11) is -0.714. The van der Waals surface area contributed by atoms with Gasteiger partial charge in [0.15, 0.2) is 28.3 Å². The van der Waals surface area contributed by atoms with Crippen molar-refractivity contribution in [2.24, 2.45) is 11.8 Å². The average molecular weight is 521 g/mol. The van der Waals surface area contributed by atoms with Gasteiger partial charge in [0.05, 0.1) is 31.6 Å². The monoisotopic (exact) mass is 520 g/mol. The first kappa shape index (κ1) is 26.2. The summed E-state index contributed by atoms with van der Waals surface area (Å²) < 4.78 is 61.6. The first-order chi connectivity index (χ1) is 17.3. The van der Waals surface area contributed by atoms with Gasteiger partial charge >= 0.3 is 11.9 Å². The summed E-state index contributed by atoms with van der Waals surface area (Å²) in [6.45, 7) is -0.00126. The van der Waals surface area contributed by atoms with Gasteiger partial charge < -0.3 is 28.4 Å². The van der Waals surface area contributed by atoms with Crippen molar-refractivity contribution in [3.05, 3.63) is 66.2 Å². The van der Waals surface area contributed by atoms with Crippen LogP contribution in [0, 0.1) is 11.8 Å². The number of hydrogen-bond acceptors (Lipinski definition) is 10. The first-order valence-electron chi connectivity index (χ1n) is 11.3. The number of hydrogen-bond donors (Lipinski definition) is 0. The van der Waals surface area contributed by atoms with E-state index in [0.29, 0.717) is 5.56 Å². The Morgan fingerprint density at radius 1 is 0.889 bits per heavy atom. The Hall–Kier alpha value is -2.83. The number of fused-ring (bicyclic) bond motifs is 1. The number of sulfone groups is 1. The third-order valence-corrected chi connectivity index (χ3v) is 8.64. The van der Waals surface area contributed by atoms with Crippen molar-refractivity contribution in [2.75, 3.05) is 27.9 Å². The van der Waals surface area contributed by atoms with Crippen LogP contribution < -0.4 is 0 Å². The van der Waals surface area contributed by atoms with Gasteiger partial charge in [-0.3, -0.25) is 9.59 Å². The maximum atomic E-state index is 14.1. The van der Waals surface area contributed by atoms with Crippen LogP contribution in [0.1, 0.15) is 11.9 Å². The molecule has 2 heterocycles. The molecule has 36 heavy (non-hydrogen) atoms. The van der Waals surface area contributed by atoms with Gasteiger partial charge in [0.1, 0.15) is 17.5 Å². The molecule has 2 aromatic carbocycles. The van der Waals surface area contributed by atoms with Crippen molar-refractivity contribution < 1.29 is 46.4 Å². The van der Waals surface area contributed by atoms with Crippen LogP contribution in [0.15, 0.2) is 65.6 Å². The molecule has 4 rings (SSSR count). The minimum atomic E-state index is -4.21. The van der Waals surface area contributed by atoms with Crippen molar-refractivity contribution >= 4 is 21.8 Å². The summed E-state index contributed by atoms with van der Waals surface area (Å²) in [4.78, 5) is 25.7. The number of carbonyl (C=O) groups is 2. The fourth-order valence-corrected chi connectivity index (χ4v) is 6.89. The largest absolute Gasteiger partial charge is 0.468 e. The molecule has 0 radical (unpaired) electrons. The van der Waals surface area contributed by atoms with Crippen LogP contribution in [-0.4, -0.2) is 72.0 Å². The molecule has 2 aromatic rings. The molecular weight excluding hydrogens is 492 g/mol. The highest BCUT2D eigenvalue weighted by Gasteiger charge is 2.60. The Balaban J connectivity index is 1.86. The number of carbonyl (C=O) groups excluding carboxylic acids is 2. The lowest BCUT2D eigenvalue weighted by Gasteiger charge is -2.49. The molecule has 0 aliphatic carbocycles. The lowest BCUT2D eigenvalue weighted by Crippen LogP contribution is -2.64. The quantitative estimate of drug-likeness (QED) is 0.395. The highest BCUT2D eigenvalue weighted by atomic mass is 32.2.